The number of aromatic nitrogens is 1. The molecule has 8 heteroatoms. The van der Waals surface area contributed by atoms with E-state index in [4.69, 9.17) is 5.11 Å². The Morgan fingerprint density at radius 1 is 1.42 bits per heavy atom. The zero-order valence-electron chi connectivity index (χ0n) is 10.7. The number of sulfonamides is 1. The number of carboxylic acids is 1. The predicted octanol–water partition coefficient (Wildman–Crippen LogP) is 1.62. The maximum atomic E-state index is 12.1. The van der Waals surface area contributed by atoms with Crippen molar-refractivity contribution < 1.29 is 18.3 Å². The average Bonchev–Trinajstić information content (AvgIpc) is 2.24. The highest BCUT2D eigenvalue weighted by Crippen LogP contribution is 2.22. The van der Waals surface area contributed by atoms with Gasteiger partial charge in [0.2, 0.25) is 10.0 Å². The SMILES string of the molecule is CC(C)(C)[C@@H](NS(=O)(=O)c1cncc(Br)c1)C(=O)O. The summed E-state index contributed by atoms with van der Waals surface area (Å²) in [5, 5.41) is 9.12. The van der Waals surface area contributed by atoms with Crippen LogP contribution >= 0.6 is 15.9 Å². The van der Waals surface area contributed by atoms with Crippen LogP contribution in [-0.2, 0) is 14.8 Å². The highest BCUT2D eigenvalue weighted by Gasteiger charge is 2.35. The fourth-order valence-corrected chi connectivity index (χ4v) is 3.26. The van der Waals surface area contributed by atoms with Crippen molar-refractivity contribution in [1.29, 1.82) is 0 Å². The van der Waals surface area contributed by atoms with Crippen molar-refractivity contribution in [2.24, 2.45) is 5.41 Å². The summed E-state index contributed by atoms with van der Waals surface area (Å²) in [5.74, 6) is -1.22. The largest absolute Gasteiger partial charge is 0.480 e. The van der Waals surface area contributed by atoms with Gasteiger partial charge in [-0.05, 0) is 27.4 Å². The molecule has 1 aromatic heterocycles. The molecule has 0 saturated heterocycles. The first kappa shape index (κ1) is 16.1. The van der Waals surface area contributed by atoms with Crippen LogP contribution < -0.4 is 4.72 Å². The van der Waals surface area contributed by atoms with Crippen LogP contribution in [0.1, 0.15) is 20.8 Å². The van der Waals surface area contributed by atoms with E-state index in [2.05, 4.69) is 25.6 Å². The lowest BCUT2D eigenvalue weighted by atomic mass is 9.88. The van der Waals surface area contributed by atoms with Gasteiger partial charge in [0, 0.05) is 16.9 Å². The highest BCUT2D eigenvalue weighted by atomic mass is 79.9. The van der Waals surface area contributed by atoms with E-state index < -0.39 is 27.4 Å². The van der Waals surface area contributed by atoms with Crippen molar-refractivity contribution in [3.63, 3.8) is 0 Å². The molecule has 0 unspecified atom stereocenters. The minimum Gasteiger partial charge on any atom is -0.480 e. The van der Waals surface area contributed by atoms with Crippen LogP contribution in [0.5, 0.6) is 0 Å². The summed E-state index contributed by atoms with van der Waals surface area (Å²) in [6, 6.07) is 0.133. The van der Waals surface area contributed by atoms with Gasteiger partial charge in [-0.25, -0.2) is 8.42 Å². The quantitative estimate of drug-likeness (QED) is 0.859. The van der Waals surface area contributed by atoms with E-state index in [-0.39, 0.29) is 4.90 Å². The summed E-state index contributed by atoms with van der Waals surface area (Å²) < 4.78 is 26.9. The number of hydrogen-bond acceptors (Lipinski definition) is 4. The number of halogens is 1. The van der Waals surface area contributed by atoms with Crippen molar-refractivity contribution in [2.75, 3.05) is 0 Å². The molecule has 19 heavy (non-hydrogen) atoms. The normalized spacial score (nSPS) is 14.1. The first-order valence-corrected chi connectivity index (χ1v) is 7.67. The number of hydrogen-bond donors (Lipinski definition) is 2. The minimum absolute atomic E-state index is 0.0858. The van der Waals surface area contributed by atoms with E-state index in [0.717, 1.165) is 6.20 Å². The molecule has 6 nitrogen and oxygen atoms in total. The Balaban J connectivity index is 3.12. The van der Waals surface area contributed by atoms with Crippen LogP contribution in [0, 0.1) is 5.41 Å². The van der Waals surface area contributed by atoms with E-state index in [1.807, 2.05) is 0 Å². The van der Waals surface area contributed by atoms with Crippen molar-refractivity contribution in [1.82, 2.24) is 9.71 Å². The molecule has 1 heterocycles. The third-order valence-electron chi connectivity index (χ3n) is 2.38. The van der Waals surface area contributed by atoms with Gasteiger partial charge in [-0.1, -0.05) is 20.8 Å². The smallest absolute Gasteiger partial charge is 0.322 e. The van der Waals surface area contributed by atoms with E-state index >= 15 is 0 Å². The highest BCUT2D eigenvalue weighted by molar-refractivity contribution is 9.10. The lowest BCUT2D eigenvalue weighted by Crippen LogP contribution is -2.48. The molecule has 0 fully saturated rings. The lowest BCUT2D eigenvalue weighted by Gasteiger charge is -2.27. The molecule has 106 valence electrons. The molecular weight excluding hydrogens is 336 g/mol. The Hall–Kier alpha value is -0.990. The van der Waals surface area contributed by atoms with Gasteiger partial charge >= 0.3 is 5.97 Å². The molecule has 0 aliphatic carbocycles. The second kappa shape index (κ2) is 5.56. The van der Waals surface area contributed by atoms with Gasteiger partial charge in [0.25, 0.3) is 0 Å². The zero-order valence-corrected chi connectivity index (χ0v) is 13.1. The molecular formula is C11H15BrN2O4S. The van der Waals surface area contributed by atoms with Crippen LogP contribution in [0.25, 0.3) is 0 Å². The molecule has 1 rings (SSSR count). The number of nitrogens with zero attached hydrogens (tertiary/aromatic N) is 1. The molecule has 0 spiro atoms. The first-order valence-electron chi connectivity index (χ1n) is 5.40. The number of carboxylic acid groups (broad SMARTS) is 1. The molecule has 0 amide bonds. The van der Waals surface area contributed by atoms with Crippen LogP contribution in [0.15, 0.2) is 27.8 Å². The van der Waals surface area contributed by atoms with E-state index in [1.54, 1.807) is 20.8 Å². The molecule has 1 atom stereocenters. The van der Waals surface area contributed by atoms with Gasteiger partial charge in [-0.3, -0.25) is 9.78 Å². The fourth-order valence-electron chi connectivity index (χ4n) is 1.36. The maximum Gasteiger partial charge on any atom is 0.322 e. The summed E-state index contributed by atoms with van der Waals surface area (Å²) in [5.41, 5.74) is -0.752. The van der Waals surface area contributed by atoms with Crippen molar-refractivity contribution >= 4 is 31.9 Å². The molecule has 0 aromatic carbocycles. The molecule has 2 N–H and O–H groups in total. The summed E-state index contributed by atoms with van der Waals surface area (Å²) in [4.78, 5) is 14.8. The number of aliphatic carboxylic acids is 1. The number of pyridine rings is 1. The van der Waals surface area contributed by atoms with Gasteiger partial charge in [0.05, 0.1) is 0 Å². The summed E-state index contributed by atoms with van der Waals surface area (Å²) in [6.07, 6.45) is 2.60. The first-order chi connectivity index (χ1) is 8.54. The Kier molecular flexibility index (Phi) is 4.70. The topological polar surface area (TPSA) is 96.4 Å². The maximum absolute atomic E-state index is 12.1. The molecule has 0 aliphatic heterocycles. The van der Waals surface area contributed by atoms with Crippen LogP contribution in [0.4, 0.5) is 0 Å². The van der Waals surface area contributed by atoms with Crippen molar-refractivity contribution in [3.8, 4) is 0 Å². The predicted molar refractivity (Wildman–Crippen MR) is 73.1 cm³/mol. The summed E-state index contributed by atoms with van der Waals surface area (Å²) >= 11 is 3.12. The van der Waals surface area contributed by atoms with Gasteiger partial charge in [0.1, 0.15) is 10.9 Å². The van der Waals surface area contributed by atoms with Gasteiger partial charge in [-0.15, -0.1) is 0 Å². The average molecular weight is 351 g/mol. The second-order valence-corrected chi connectivity index (χ2v) is 7.73. The van der Waals surface area contributed by atoms with E-state index in [9.17, 15) is 13.2 Å². The monoisotopic (exact) mass is 350 g/mol. The van der Waals surface area contributed by atoms with E-state index in [1.165, 1.54) is 12.3 Å². The third kappa shape index (κ3) is 4.26. The molecule has 0 bridgehead atoms. The Morgan fingerprint density at radius 3 is 2.42 bits per heavy atom. The third-order valence-corrected chi connectivity index (χ3v) is 4.20. The summed E-state index contributed by atoms with van der Waals surface area (Å²) in [6.45, 7) is 4.94. The Morgan fingerprint density at radius 2 is 2.00 bits per heavy atom. The molecule has 0 saturated carbocycles. The van der Waals surface area contributed by atoms with Crippen molar-refractivity contribution in [2.45, 2.75) is 31.7 Å². The summed E-state index contributed by atoms with van der Waals surface area (Å²) in [7, 11) is -3.93. The minimum atomic E-state index is -3.93. The second-order valence-electron chi connectivity index (χ2n) is 5.10. The Labute approximate surface area is 120 Å². The fraction of sp³-hybridized carbons (Fsp3) is 0.455. The van der Waals surface area contributed by atoms with Crippen LogP contribution in [-0.4, -0.2) is 30.5 Å². The molecule has 1 aromatic rings. The zero-order chi connectivity index (χ0) is 14.8. The van der Waals surface area contributed by atoms with E-state index in [0.29, 0.717) is 4.47 Å². The van der Waals surface area contributed by atoms with Gasteiger partial charge in [0.15, 0.2) is 0 Å². The number of nitrogens with one attached hydrogen (secondary N) is 1. The molecule has 0 radical (unpaired) electrons. The number of carbonyl (C=O) groups is 1. The van der Waals surface area contributed by atoms with Crippen molar-refractivity contribution in [3.05, 3.63) is 22.9 Å². The number of rotatable bonds is 4. The lowest BCUT2D eigenvalue weighted by molar-refractivity contribution is -0.141. The standard InChI is InChI=1S/C11H15BrN2O4S/c1-11(2,3)9(10(15)16)14-19(17,18)8-4-7(12)5-13-6-8/h4-6,9,14H,1-3H3,(H,15,16)/t9-/m0/s1. The van der Waals surface area contributed by atoms with Crippen LogP contribution in [0.3, 0.4) is 0 Å². The molecule has 0 aliphatic rings. The Bertz CT molecular complexity index is 581. The van der Waals surface area contributed by atoms with Gasteiger partial charge in [-0.2, -0.15) is 4.72 Å². The van der Waals surface area contributed by atoms with Crippen LogP contribution in [0.2, 0.25) is 0 Å². The van der Waals surface area contributed by atoms with Gasteiger partial charge < -0.3 is 5.11 Å².